The lowest BCUT2D eigenvalue weighted by Gasteiger charge is -2.35. The molecule has 2 fully saturated rings. The van der Waals surface area contributed by atoms with Crippen molar-refractivity contribution in [2.24, 2.45) is 5.92 Å². The average molecular weight is 488 g/mol. The smallest absolute Gasteiger partial charge is 0.376 e. The molecule has 1 unspecified atom stereocenters. The van der Waals surface area contributed by atoms with Gasteiger partial charge in [0.25, 0.3) is 0 Å². The number of halogens is 4. The van der Waals surface area contributed by atoms with Crippen LogP contribution >= 0.6 is 22.9 Å². The molecule has 4 rings (SSSR count). The van der Waals surface area contributed by atoms with E-state index in [0.29, 0.717) is 44.8 Å². The van der Waals surface area contributed by atoms with Crippen LogP contribution in [0.2, 0.25) is 5.02 Å². The van der Waals surface area contributed by atoms with Crippen LogP contribution < -0.4 is 4.90 Å². The lowest BCUT2D eigenvalue weighted by atomic mass is 9.95. The zero-order valence-corrected chi connectivity index (χ0v) is 19.1. The van der Waals surface area contributed by atoms with Gasteiger partial charge in [0.1, 0.15) is 5.82 Å². The van der Waals surface area contributed by atoms with Gasteiger partial charge in [0.2, 0.25) is 5.91 Å². The molecule has 2 aromatic heterocycles. The van der Waals surface area contributed by atoms with E-state index in [9.17, 15) is 18.0 Å². The van der Waals surface area contributed by atoms with Gasteiger partial charge in [-0.05, 0) is 43.2 Å². The molecule has 5 nitrogen and oxygen atoms in total. The minimum absolute atomic E-state index is 0.0256. The monoisotopic (exact) mass is 487 g/mol. The predicted molar refractivity (Wildman–Crippen MR) is 118 cm³/mol. The average Bonchev–Trinajstić information content (AvgIpc) is 3.47. The summed E-state index contributed by atoms with van der Waals surface area (Å²) in [6.07, 6.45) is -0.411. The first-order chi connectivity index (χ1) is 15.3. The molecule has 0 bridgehead atoms. The largest absolute Gasteiger partial charge is 0.417 e. The maximum atomic E-state index is 13.4. The fourth-order valence-electron chi connectivity index (χ4n) is 4.27. The van der Waals surface area contributed by atoms with Crippen LogP contribution in [0.25, 0.3) is 0 Å². The molecule has 0 saturated carbocycles. The van der Waals surface area contributed by atoms with Crippen LogP contribution in [0, 0.1) is 5.92 Å². The second-order valence-electron chi connectivity index (χ2n) is 8.22. The summed E-state index contributed by atoms with van der Waals surface area (Å²) >= 11 is 7.73. The van der Waals surface area contributed by atoms with Crippen LogP contribution in [-0.4, -0.2) is 48.1 Å². The first-order valence-electron chi connectivity index (χ1n) is 10.7. The molecule has 2 aromatic rings. The van der Waals surface area contributed by atoms with Gasteiger partial charge in [0.15, 0.2) is 0 Å². The van der Waals surface area contributed by atoms with Crippen LogP contribution in [0.5, 0.6) is 0 Å². The van der Waals surface area contributed by atoms with Gasteiger partial charge < -0.3 is 14.5 Å². The number of carbonyl (C=O) groups is 1. The molecule has 2 saturated heterocycles. The van der Waals surface area contributed by atoms with E-state index in [1.54, 1.807) is 11.3 Å². The van der Waals surface area contributed by atoms with E-state index in [2.05, 4.69) is 4.98 Å². The summed E-state index contributed by atoms with van der Waals surface area (Å²) in [6, 6.07) is 4.92. The lowest BCUT2D eigenvalue weighted by Crippen LogP contribution is -2.44. The highest BCUT2D eigenvalue weighted by Gasteiger charge is 2.34. The van der Waals surface area contributed by atoms with Crippen molar-refractivity contribution < 1.29 is 22.7 Å². The Bertz CT molecular complexity index is 912. The zero-order chi connectivity index (χ0) is 22.7. The molecule has 4 heterocycles. The van der Waals surface area contributed by atoms with Crippen LogP contribution in [0.1, 0.15) is 36.1 Å². The highest BCUT2D eigenvalue weighted by Crippen LogP contribution is 2.35. The van der Waals surface area contributed by atoms with Gasteiger partial charge in [-0.2, -0.15) is 13.2 Å². The standard InChI is InChI=1S/C22H25ClF3N3O2S/c23-19-11-16(22(24,25)26)12-27-20(19)28-7-5-15(6-8-28)21(30)29(13-17-3-1-9-31-17)14-18-4-2-10-32-18/h2,4,10-12,15,17H,1,3,5-9,13-14H2. The third kappa shape index (κ3) is 5.55. The fraction of sp³-hybridized carbons (Fsp3) is 0.545. The summed E-state index contributed by atoms with van der Waals surface area (Å²) in [5.74, 6) is 0.307. The number of alkyl halides is 3. The molecular formula is C22H25ClF3N3O2S. The quantitative estimate of drug-likeness (QED) is 0.559. The van der Waals surface area contributed by atoms with E-state index in [1.165, 1.54) is 0 Å². The summed E-state index contributed by atoms with van der Waals surface area (Å²) in [4.78, 5) is 22.2. The Kier molecular flexibility index (Phi) is 7.27. The lowest BCUT2D eigenvalue weighted by molar-refractivity contribution is -0.139. The maximum Gasteiger partial charge on any atom is 0.417 e. The number of pyridine rings is 1. The second kappa shape index (κ2) is 9.97. The Balaban J connectivity index is 1.39. The number of carbonyl (C=O) groups excluding carboxylic acids is 1. The maximum absolute atomic E-state index is 13.4. The van der Waals surface area contributed by atoms with Crippen molar-refractivity contribution in [1.82, 2.24) is 9.88 Å². The molecule has 0 aromatic carbocycles. The number of anilines is 1. The molecular weight excluding hydrogens is 463 g/mol. The molecule has 2 aliphatic rings. The Morgan fingerprint density at radius 2 is 2.09 bits per heavy atom. The number of thiophene rings is 1. The normalized spacial score (nSPS) is 20.0. The van der Waals surface area contributed by atoms with Gasteiger partial charge in [-0.1, -0.05) is 17.7 Å². The van der Waals surface area contributed by atoms with E-state index < -0.39 is 11.7 Å². The third-order valence-corrected chi connectivity index (χ3v) is 7.12. The Hall–Kier alpha value is -1.84. The zero-order valence-electron chi connectivity index (χ0n) is 17.5. The van der Waals surface area contributed by atoms with Gasteiger partial charge in [-0.25, -0.2) is 4.98 Å². The Morgan fingerprint density at radius 1 is 1.31 bits per heavy atom. The van der Waals surface area contributed by atoms with E-state index in [0.717, 1.165) is 36.6 Å². The SMILES string of the molecule is O=C(C1CCN(c2ncc(C(F)(F)F)cc2Cl)CC1)N(Cc1cccs1)CC1CCCO1. The van der Waals surface area contributed by atoms with Crippen molar-refractivity contribution in [2.45, 2.75) is 44.5 Å². The highest BCUT2D eigenvalue weighted by molar-refractivity contribution is 7.09. The van der Waals surface area contributed by atoms with Crippen molar-refractivity contribution in [1.29, 1.82) is 0 Å². The molecule has 0 aliphatic carbocycles. The summed E-state index contributed by atoms with van der Waals surface area (Å²) in [7, 11) is 0. The third-order valence-electron chi connectivity index (χ3n) is 5.98. The minimum atomic E-state index is -4.48. The molecule has 2 aliphatic heterocycles. The van der Waals surface area contributed by atoms with E-state index in [-0.39, 0.29) is 23.0 Å². The predicted octanol–water partition coefficient (Wildman–Crippen LogP) is 5.24. The van der Waals surface area contributed by atoms with E-state index >= 15 is 0 Å². The number of aromatic nitrogens is 1. The molecule has 1 amide bonds. The molecule has 10 heteroatoms. The Labute approximate surface area is 194 Å². The number of hydrogen-bond donors (Lipinski definition) is 0. The minimum Gasteiger partial charge on any atom is -0.376 e. The van der Waals surface area contributed by atoms with Gasteiger partial charge in [0.05, 0.1) is 23.2 Å². The van der Waals surface area contributed by atoms with Crippen molar-refractivity contribution >= 4 is 34.7 Å². The topological polar surface area (TPSA) is 45.7 Å². The van der Waals surface area contributed by atoms with Crippen molar-refractivity contribution in [3.8, 4) is 0 Å². The number of hydrogen-bond acceptors (Lipinski definition) is 5. The first-order valence-corrected chi connectivity index (χ1v) is 12.0. The summed E-state index contributed by atoms with van der Waals surface area (Å²) in [5.41, 5.74) is -0.866. The van der Waals surface area contributed by atoms with Gasteiger partial charge in [-0.15, -0.1) is 11.3 Å². The van der Waals surface area contributed by atoms with Gasteiger partial charge in [-0.3, -0.25) is 4.79 Å². The van der Waals surface area contributed by atoms with Crippen LogP contribution in [0.3, 0.4) is 0 Å². The number of rotatable bonds is 6. The van der Waals surface area contributed by atoms with Crippen LogP contribution in [0.15, 0.2) is 29.8 Å². The molecule has 0 radical (unpaired) electrons. The first kappa shape index (κ1) is 23.3. The fourth-order valence-corrected chi connectivity index (χ4v) is 5.28. The summed E-state index contributed by atoms with van der Waals surface area (Å²) in [5, 5.41) is 1.98. The summed E-state index contributed by atoms with van der Waals surface area (Å²) in [6.45, 7) is 2.93. The van der Waals surface area contributed by atoms with E-state index in [4.69, 9.17) is 16.3 Å². The Morgan fingerprint density at radius 3 is 2.69 bits per heavy atom. The van der Waals surface area contributed by atoms with Gasteiger partial charge in [0, 0.05) is 43.2 Å². The molecule has 0 spiro atoms. The van der Waals surface area contributed by atoms with Crippen LogP contribution in [-0.2, 0) is 22.3 Å². The summed E-state index contributed by atoms with van der Waals surface area (Å²) < 4.78 is 44.4. The van der Waals surface area contributed by atoms with Crippen molar-refractivity contribution in [2.75, 3.05) is 31.1 Å². The van der Waals surface area contributed by atoms with Gasteiger partial charge >= 0.3 is 6.18 Å². The number of piperidine rings is 1. The van der Waals surface area contributed by atoms with Crippen molar-refractivity contribution in [3.63, 3.8) is 0 Å². The second-order valence-corrected chi connectivity index (χ2v) is 9.66. The van der Waals surface area contributed by atoms with Crippen molar-refractivity contribution in [3.05, 3.63) is 45.2 Å². The van der Waals surface area contributed by atoms with Crippen LogP contribution in [0.4, 0.5) is 19.0 Å². The highest BCUT2D eigenvalue weighted by atomic mass is 35.5. The number of ether oxygens (including phenoxy) is 1. The molecule has 0 N–H and O–H groups in total. The number of amides is 1. The molecule has 1 atom stereocenters. The molecule has 32 heavy (non-hydrogen) atoms. The molecule has 174 valence electrons. The number of nitrogens with zero attached hydrogens (tertiary/aromatic N) is 3. The van der Waals surface area contributed by atoms with E-state index in [1.807, 2.05) is 27.3 Å².